The standard InChI is InChI=1S/C14H18F3N7/c15-14(16,17)9-2-1-4-24(9)5-3-20-8-6-21-13-11(22-7-23-13)10(8)12(18)19/h6-7,9,20H,1-5H2,(H3,18,19)(H,21,22,23). The van der Waals surface area contributed by atoms with Crippen molar-refractivity contribution in [1.82, 2.24) is 19.9 Å². The molecule has 0 aromatic carbocycles. The van der Waals surface area contributed by atoms with Crippen LogP contribution in [0.25, 0.3) is 11.2 Å². The van der Waals surface area contributed by atoms with Crippen LogP contribution < -0.4 is 11.1 Å². The molecule has 3 heterocycles. The van der Waals surface area contributed by atoms with Gasteiger partial charge in [-0.25, -0.2) is 9.97 Å². The van der Waals surface area contributed by atoms with Gasteiger partial charge >= 0.3 is 6.18 Å². The predicted molar refractivity (Wildman–Crippen MR) is 84.0 cm³/mol. The molecule has 0 radical (unpaired) electrons. The zero-order valence-corrected chi connectivity index (χ0v) is 12.8. The van der Waals surface area contributed by atoms with Gasteiger partial charge in [0.1, 0.15) is 11.9 Å². The van der Waals surface area contributed by atoms with Gasteiger partial charge in [-0.3, -0.25) is 10.3 Å². The average molecular weight is 341 g/mol. The van der Waals surface area contributed by atoms with Gasteiger partial charge in [-0.05, 0) is 19.4 Å². The van der Waals surface area contributed by atoms with Crippen molar-refractivity contribution in [2.75, 3.05) is 25.0 Å². The second-order valence-electron chi connectivity index (χ2n) is 5.72. The number of pyridine rings is 1. The summed E-state index contributed by atoms with van der Waals surface area (Å²) in [6.45, 7) is 0.986. The third kappa shape index (κ3) is 3.14. The number of aromatic amines is 1. The van der Waals surface area contributed by atoms with Crippen molar-refractivity contribution in [3.05, 3.63) is 18.1 Å². The molecule has 1 aliphatic heterocycles. The summed E-state index contributed by atoms with van der Waals surface area (Å²) in [5.41, 5.74) is 7.51. The van der Waals surface area contributed by atoms with Gasteiger partial charge in [-0.2, -0.15) is 13.2 Å². The number of nitrogens with two attached hydrogens (primary N) is 1. The summed E-state index contributed by atoms with van der Waals surface area (Å²) in [4.78, 5) is 12.4. The second kappa shape index (κ2) is 6.27. The van der Waals surface area contributed by atoms with Crippen LogP contribution in [0.5, 0.6) is 0 Å². The van der Waals surface area contributed by atoms with E-state index in [0.29, 0.717) is 41.9 Å². The molecule has 2 aromatic heterocycles. The zero-order chi connectivity index (χ0) is 17.3. The van der Waals surface area contributed by atoms with Gasteiger partial charge in [0.25, 0.3) is 0 Å². The number of amidine groups is 1. The Labute approximate surface area is 136 Å². The molecule has 1 fully saturated rings. The Morgan fingerprint density at radius 1 is 1.46 bits per heavy atom. The predicted octanol–water partition coefficient (Wildman–Crippen LogP) is 1.68. The van der Waals surface area contributed by atoms with Crippen molar-refractivity contribution in [3.8, 4) is 0 Å². The van der Waals surface area contributed by atoms with Gasteiger partial charge in [-0.15, -0.1) is 0 Å². The Hall–Kier alpha value is -2.36. The Morgan fingerprint density at radius 2 is 2.25 bits per heavy atom. The molecular weight excluding hydrogens is 323 g/mol. The Kier molecular flexibility index (Phi) is 4.31. The van der Waals surface area contributed by atoms with Gasteiger partial charge in [0, 0.05) is 13.1 Å². The van der Waals surface area contributed by atoms with Gasteiger partial charge in [0.2, 0.25) is 0 Å². The highest BCUT2D eigenvalue weighted by Gasteiger charge is 2.45. The summed E-state index contributed by atoms with van der Waals surface area (Å²) >= 11 is 0. The van der Waals surface area contributed by atoms with E-state index in [1.54, 1.807) is 0 Å². The first kappa shape index (κ1) is 16.5. The van der Waals surface area contributed by atoms with Crippen molar-refractivity contribution < 1.29 is 13.2 Å². The van der Waals surface area contributed by atoms with E-state index in [9.17, 15) is 13.2 Å². The van der Waals surface area contributed by atoms with E-state index in [4.69, 9.17) is 11.1 Å². The van der Waals surface area contributed by atoms with Gasteiger partial charge < -0.3 is 16.0 Å². The number of anilines is 1. The van der Waals surface area contributed by atoms with E-state index in [0.717, 1.165) is 0 Å². The van der Waals surface area contributed by atoms with Crippen molar-refractivity contribution in [2.45, 2.75) is 25.1 Å². The minimum atomic E-state index is -4.20. The molecule has 1 unspecified atom stereocenters. The van der Waals surface area contributed by atoms with Crippen LogP contribution in [-0.4, -0.2) is 57.5 Å². The lowest BCUT2D eigenvalue weighted by Crippen LogP contribution is -2.43. The summed E-state index contributed by atoms with van der Waals surface area (Å²) in [6, 6.07) is -1.38. The Bertz CT molecular complexity index is 740. The van der Waals surface area contributed by atoms with Crippen molar-refractivity contribution in [2.24, 2.45) is 5.73 Å². The number of likely N-dealkylation sites (tertiary alicyclic amines) is 1. The van der Waals surface area contributed by atoms with E-state index < -0.39 is 12.2 Å². The summed E-state index contributed by atoms with van der Waals surface area (Å²) in [7, 11) is 0. The molecular formula is C14H18F3N7. The lowest BCUT2D eigenvalue weighted by molar-refractivity contribution is -0.175. The van der Waals surface area contributed by atoms with E-state index in [1.807, 2.05) is 0 Å². The number of hydrogen-bond acceptors (Lipinski definition) is 5. The first-order valence-corrected chi connectivity index (χ1v) is 7.59. The number of fused-ring (bicyclic) bond motifs is 1. The molecule has 3 rings (SSSR count). The molecule has 1 aliphatic rings. The van der Waals surface area contributed by atoms with E-state index in [-0.39, 0.29) is 18.8 Å². The highest BCUT2D eigenvalue weighted by atomic mass is 19.4. The van der Waals surface area contributed by atoms with Crippen LogP contribution in [0.2, 0.25) is 0 Å². The summed E-state index contributed by atoms with van der Waals surface area (Å²) in [5.74, 6) is -0.163. The molecule has 24 heavy (non-hydrogen) atoms. The minimum absolute atomic E-state index is 0.143. The quantitative estimate of drug-likeness (QED) is 0.489. The van der Waals surface area contributed by atoms with Gasteiger partial charge in [0.15, 0.2) is 5.65 Å². The third-order valence-corrected chi connectivity index (χ3v) is 4.18. The number of halogens is 3. The molecule has 0 saturated carbocycles. The average Bonchev–Trinajstić information content (AvgIpc) is 3.13. The van der Waals surface area contributed by atoms with Crippen LogP contribution in [-0.2, 0) is 0 Å². The first-order valence-electron chi connectivity index (χ1n) is 7.59. The molecule has 130 valence electrons. The van der Waals surface area contributed by atoms with Crippen molar-refractivity contribution in [3.63, 3.8) is 0 Å². The number of aromatic nitrogens is 3. The molecule has 5 N–H and O–H groups in total. The highest BCUT2D eigenvalue weighted by molar-refractivity contribution is 6.09. The summed E-state index contributed by atoms with van der Waals surface area (Å²) in [6.07, 6.45) is -0.566. The number of H-pyrrole nitrogens is 1. The van der Waals surface area contributed by atoms with Gasteiger partial charge in [0.05, 0.1) is 29.3 Å². The van der Waals surface area contributed by atoms with Crippen LogP contribution in [0.4, 0.5) is 18.9 Å². The molecule has 0 bridgehead atoms. The van der Waals surface area contributed by atoms with Crippen LogP contribution in [0, 0.1) is 5.41 Å². The smallest absolute Gasteiger partial charge is 0.384 e. The maximum absolute atomic E-state index is 12.9. The van der Waals surface area contributed by atoms with Crippen LogP contribution in [0.15, 0.2) is 12.5 Å². The summed E-state index contributed by atoms with van der Waals surface area (Å²) in [5, 5.41) is 10.8. The maximum atomic E-state index is 12.9. The number of rotatable bonds is 5. The first-order chi connectivity index (χ1) is 11.4. The molecule has 0 amide bonds. The monoisotopic (exact) mass is 341 g/mol. The lowest BCUT2D eigenvalue weighted by Gasteiger charge is -2.26. The highest BCUT2D eigenvalue weighted by Crippen LogP contribution is 2.32. The lowest BCUT2D eigenvalue weighted by atomic mass is 10.2. The molecule has 0 spiro atoms. The topological polar surface area (TPSA) is 107 Å². The fourth-order valence-electron chi connectivity index (χ4n) is 3.11. The molecule has 0 aliphatic carbocycles. The van der Waals surface area contributed by atoms with Crippen LogP contribution in [0.3, 0.4) is 0 Å². The third-order valence-electron chi connectivity index (χ3n) is 4.18. The number of nitrogens with one attached hydrogen (secondary N) is 3. The molecule has 2 aromatic rings. The normalized spacial score (nSPS) is 19.0. The van der Waals surface area contributed by atoms with Crippen molar-refractivity contribution in [1.29, 1.82) is 5.41 Å². The fraction of sp³-hybridized carbons (Fsp3) is 0.500. The maximum Gasteiger partial charge on any atom is 0.404 e. The zero-order valence-electron chi connectivity index (χ0n) is 12.8. The van der Waals surface area contributed by atoms with Crippen LogP contribution >= 0.6 is 0 Å². The number of nitrogen functional groups attached to an aromatic ring is 1. The van der Waals surface area contributed by atoms with E-state index in [1.165, 1.54) is 17.4 Å². The van der Waals surface area contributed by atoms with E-state index in [2.05, 4.69) is 20.3 Å². The number of nitrogens with zero attached hydrogens (tertiary/aromatic N) is 3. The number of imidazole rings is 1. The van der Waals surface area contributed by atoms with Gasteiger partial charge in [-0.1, -0.05) is 0 Å². The fourth-order valence-corrected chi connectivity index (χ4v) is 3.11. The molecule has 1 saturated heterocycles. The van der Waals surface area contributed by atoms with Crippen LogP contribution in [0.1, 0.15) is 18.4 Å². The summed E-state index contributed by atoms with van der Waals surface area (Å²) < 4.78 is 38.8. The molecule has 1 atom stereocenters. The molecule has 10 heteroatoms. The number of alkyl halides is 3. The van der Waals surface area contributed by atoms with Crippen molar-refractivity contribution >= 4 is 22.7 Å². The Balaban J connectivity index is 1.70. The second-order valence-corrected chi connectivity index (χ2v) is 5.72. The number of hydrogen-bond donors (Lipinski definition) is 4. The minimum Gasteiger partial charge on any atom is -0.384 e. The SMILES string of the molecule is N=C(N)c1c(NCCN2CCCC2C(F)(F)F)cnc2nc[nH]c12. The molecule has 7 nitrogen and oxygen atoms in total. The largest absolute Gasteiger partial charge is 0.404 e. The Morgan fingerprint density at radius 3 is 2.96 bits per heavy atom. The van der Waals surface area contributed by atoms with E-state index >= 15 is 0 Å².